The summed E-state index contributed by atoms with van der Waals surface area (Å²) in [5, 5.41) is 9.85. The Morgan fingerprint density at radius 3 is 2.78 bits per heavy atom. The minimum absolute atomic E-state index is 0.191. The van der Waals surface area contributed by atoms with Crippen LogP contribution >= 0.6 is 11.6 Å². The number of piperidine rings is 1. The predicted molar refractivity (Wildman–Crippen MR) is 100 cm³/mol. The van der Waals surface area contributed by atoms with Gasteiger partial charge in [0, 0.05) is 36.8 Å². The van der Waals surface area contributed by atoms with Crippen molar-refractivity contribution in [1.82, 2.24) is 25.5 Å². The Morgan fingerprint density at radius 1 is 1.41 bits per heavy atom. The van der Waals surface area contributed by atoms with Gasteiger partial charge in [-0.2, -0.15) is 0 Å². The molecular formula is C18H21ClN6O2. The van der Waals surface area contributed by atoms with Gasteiger partial charge in [-0.3, -0.25) is 14.5 Å². The number of allylic oxidation sites excluding steroid dienone is 3. The Hall–Kier alpha value is -2.45. The standard InChI is InChI=1S/C18H21ClN6O2/c1-11(22-15-4-5-20-9-21-15)6-14(19)16-17(27)24-18(25(16)10-26)7-12-2-3-13(8-18)23-12/h4-6,9-10,12-13,23H,2-3,7-8H2,1H3,(H,24,27)(H,20,21,22)/b11-6+,16-14+. The highest BCUT2D eigenvalue weighted by molar-refractivity contribution is 6.33. The second-order valence-corrected chi connectivity index (χ2v) is 7.66. The molecule has 2 bridgehead atoms. The molecule has 9 heteroatoms. The molecule has 1 spiro atoms. The molecule has 142 valence electrons. The Labute approximate surface area is 162 Å². The van der Waals surface area contributed by atoms with Crippen LogP contribution in [0.3, 0.4) is 0 Å². The zero-order valence-electron chi connectivity index (χ0n) is 14.9. The third-order valence-electron chi connectivity index (χ3n) is 5.35. The van der Waals surface area contributed by atoms with Crippen molar-refractivity contribution < 1.29 is 9.59 Å². The molecule has 0 radical (unpaired) electrons. The van der Waals surface area contributed by atoms with E-state index in [-0.39, 0.29) is 16.6 Å². The Kier molecular flexibility index (Phi) is 4.61. The van der Waals surface area contributed by atoms with Crippen LogP contribution in [0.1, 0.15) is 32.6 Å². The van der Waals surface area contributed by atoms with Crippen LogP contribution in [0.15, 0.2) is 41.1 Å². The van der Waals surface area contributed by atoms with E-state index in [1.807, 2.05) is 6.92 Å². The summed E-state index contributed by atoms with van der Waals surface area (Å²) in [4.78, 5) is 34.0. The first-order valence-corrected chi connectivity index (χ1v) is 9.33. The van der Waals surface area contributed by atoms with Crippen LogP contribution in [0.4, 0.5) is 5.82 Å². The molecule has 3 aliphatic rings. The summed E-state index contributed by atoms with van der Waals surface area (Å²) < 4.78 is 0. The highest BCUT2D eigenvalue weighted by atomic mass is 35.5. The summed E-state index contributed by atoms with van der Waals surface area (Å²) in [5.41, 5.74) is 0.195. The lowest BCUT2D eigenvalue weighted by molar-refractivity contribution is -0.121. The molecule has 4 heterocycles. The van der Waals surface area contributed by atoms with Gasteiger partial charge in [0.1, 0.15) is 23.5 Å². The second-order valence-electron chi connectivity index (χ2n) is 7.25. The van der Waals surface area contributed by atoms with Gasteiger partial charge in [-0.25, -0.2) is 9.97 Å². The van der Waals surface area contributed by atoms with E-state index < -0.39 is 5.66 Å². The van der Waals surface area contributed by atoms with E-state index in [4.69, 9.17) is 11.6 Å². The average Bonchev–Trinajstić information content (AvgIpc) is 3.11. The van der Waals surface area contributed by atoms with Crippen LogP contribution in [-0.2, 0) is 9.59 Å². The summed E-state index contributed by atoms with van der Waals surface area (Å²) in [7, 11) is 0. The van der Waals surface area contributed by atoms with Crippen LogP contribution in [0.2, 0.25) is 0 Å². The SMILES string of the molecule is C/C(=C\C(Cl)=C1\C(=O)NC2(CC3CCC(C2)N3)N1C=O)Nc1ccncn1. The smallest absolute Gasteiger partial charge is 0.271 e. The van der Waals surface area contributed by atoms with Crippen LogP contribution in [0.5, 0.6) is 0 Å². The minimum Gasteiger partial charge on any atom is -0.344 e. The summed E-state index contributed by atoms with van der Waals surface area (Å²) in [6.07, 6.45) is 8.88. The van der Waals surface area contributed by atoms with Crippen molar-refractivity contribution in [2.24, 2.45) is 0 Å². The van der Waals surface area contributed by atoms with E-state index >= 15 is 0 Å². The zero-order valence-corrected chi connectivity index (χ0v) is 15.7. The van der Waals surface area contributed by atoms with Crippen molar-refractivity contribution >= 4 is 29.7 Å². The van der Waals surface area contributed by atoms with E-state index in [9.17, 15) is 9.59 Å². The number of amides is 2. The Balaban J connectivity index is 1.62. The number of anilines is 1. The average molecular weight is 389 g/mol. The zero-order chi connectivity index (χ0) is 19.0. The highest BCUT2D eigenvalue weighted by Crippen LogP contribution is 2.41. The first kappa shape index (κ1) is 17.9. The number of carbonyl (C=O) groups excluding carboxylic acids is 2. The second kappa shape index (κ2) is 6.94. The highest BCUT2D eigenvalue weighted by Gasteiger charge is 2.54. The van der Waals surface area contributed by atoms with Crippen molar-refractivity contribution in [3.8, 4) is 0 Å². The molecule has 4 rings (SSSR count). The summed E-state index contributed by atoms with van der Waals surface area (Å²) in [5.74, 6) is 0.294. The number of halogens is 1. The van der Waals surface area contributed by atoms with Gasteiger partial charge in [0.2, 0.25) is 6.41 Å². The first-order chi connectivity index (χ1) is 13.0. The summed E-state index contributed by atoms with van der Waals surface area (Å²) in [6, 6.07) is 2.33. The number of aromatic nitrogens is 2. The minimum atomic E-state index is -0.687. The van der Waals surface area contributed by atoms with Crippen molar-refractivity contribution in [3.63, 3.8) is 0 Å². The fourth-order valence-corrected chi connectivity index (χ4v) is 4.65. The lowest BCUT2D eigenvalue weighted by Gasteiger charge is -2.42. The molecule has 2 atom stereocenters. The molecule has 27 heavy (non-hydrogen) atoms. The summed E-state index contributed by atoms with van der Waals surface area (Å²) >= 11 is 6.46. The topological polar surface area (TPSA) is 99.2 Å². The van der Waals surface area contributed by atoms with Gasteiger partial charge in [-0.05, 0) is 31.9 Å². The largest absolute Gasteiger partial charge is 0.344 e. The predicted octanol–water partition coefficient (Wildman–Crippen LogP) is 1.44. The molecule has 2 unspecified atom stereocenters. The van der Waals surface area contributed by atoms with Gasteiger partial charge in [-0.1, -0.05) is 11.6 Å². The maximum Gasteiger partial charge on any atom is 0.271 e. The van der Waals surface area contributed by atoms with Crippen LogP contribution in [0, 0.1) is 0 Å². The lowest BCUT2D eigenvalue weighted by atomic mass is 9.92. The van der Waals surface area contributed by atoms with Gasteiger partial charge >= 0.3 is 0 Å². The van der Waals surface area contributed by atoms with Gasteiger partial charge in [0.25, 0.3) is 5.91 Å². The van der Waals surface area contributed by atoms with E-state index in [2.05, 4.69) is 25.9 Å². The lowest BCUT2D eigenvalue weighted by Crippen LogP contribution is -2.60. The van der Waals surface area contributed by atoms with E-state index in [0.29, 0.717) is 42.9 Å². The quantitative estimate of drug-likeness (QED) is 0.533. The monoisotopic (exact) mass is 388 g/mol. The van der Waals surface area contributed by atoms with E-state index in [1.165, 1.54) is 11.2 Å². The molecule has 1 aromatic rings. The molecule has 0 aliphatic carbocycles. The normalized spacial score (nSPS) is 31.9. The number of rotatable bonds is 4. The third-order valence-corrected chi connectivity index (χ3v) is 5.64. The van der Waals surface area contributed by atoms with Gasteiger partial charge in [0.15, 0.2) is 0 Å². The number of hydrogen-bond acceptors (Lipinski definition) is 6. The third kappa shape index (κ3) is 3.30. The molecule has 2 amide bonds. The van der Waals surface area contributed by atoms with Gasteiger partial charge in [0.05, 0.1) is 5.03 Å². The van der Waals surface area contributed by atoms with Crippen molar-refractivity contribution in [1.29, 1.82) is 0 Å². The Bertz CT molecular complexity index is 812. The molecule has 3 aliphatic heterocycles. The number of carbonyl (C=O) groups is 2. The van der Waals surface area contributed by atoms with Crippen LogP contribution in [0.25, 0.3) is 0 Å². The summed E-state index contributed by atoms with van der Waals surface area (Å²) in [6.45, 7) is 1.81. The number of nitrogens with one attached hydrogen (secondary N) is 3. The van der Waals surface area contributed by atoms with E-state index in [1.54, 1.807) is 18.3 Å². The van der Waals surface area contributed by atoms with Crippen molar-refractivity contribution in [2.75, 3.05) is 5.32 Å². The Morgan fingerprint density at radius 2 is 2.15 bits per heavy atom. The van der Waals surface area contributed by atoms with Crippen molar-refractivity contribution in [2.45, 2.75) is 50.4 Å². The molecule has 1 aromatic heterocycles. The fraction of sp³-hybridized carbons (Fsp3) is 0.444. The molecular weight excluding hydrogens is 368 g/mol. The van der Waals surface area contributed by atoms with Gasteiger partial charge < -0.3 is 16.0 Å². The molecule has 8 nitrogen and oxygen atoms in total. The number of nitrogens with zero attached hydrogens (tertiary/aromatic N) is 3. The van der Waals surface area contributed by atoms with Gasteiger partial charge in [-0.15, -0.1) is 0 Å². The molecule has 3 saturated heterocycles. The fourth-order valence-electron chi connectivity index (χ4n) is 4.31. The maximum atomic E-state index is 12.7. The number of fused-ring (bicyclic) bond motifs is 2. The molecule has 0 aromatic carbocycles. The molecule has 3 N–H and O–H groups in total. The van der Waals surface area contributed by atoms with Crippen molar-refractivity contribution in [3.05, 3.63) is 41.1 Å². The first-order valence-electron chi connectivity index (χ1n) is 8.95. The molecule has 0 saturated carbocycles. The van der Waals surface area contributed by atoms with Crippen LogP contribution < -0.4 is 16.0 Å². The van der Waals surface area contributed by atoms with Crippen LogP contribution in [-0.4, -0.2) is 44.9 Å². The maximum absolute atomic E-state index is 12.7. The van der Waals surface area contributed by atoms with E-state index in [0.717, 1.165) is 12.8 Å². The number of hydrogen-bond donors (Lipinski definition) is 3. The molecule has 3 fully saturated rings.